The molecule has 1 aliphatic rings. The summed E-state index contributed by atoms with van der Waals surface area (Å²) >= 11 is 1.30. The molecule has 96 valence electrons. The van der Waals surface area contributed by atoms with Gasteiger partial charge in [-0.25, -0.2) is 0 Å². The minimum atomic E-state index is -0.304. The van der Waals surface area contributed by atoms with E-state index in [4.69, 9.17) is 5.73 Å². The standard InChI is InChI=1S/C12H14N2O3S/c1-17-12(16)6-18-10-5-9-7(4-8(10)13)2-3-11(15)14-9/h4-5H,2-3,6,13H2,1H3,(H,14,15). The van der Waals surface area contributed by atoms with E-state index >= 15 is 0 Å². The van der Waals surface area contributed by atoms with Crippen molar-refractivity contribution < 1.29 is 14.3 Å². The molecule has 0 radical (unpaired) electrons. The maximum absolute atomic E-state index is 11.3. The lowest BCUT2D eigenvalue weighted by Crippen LogP contribution is -2.19. The van der Waals surface area contributed by atoms with Crippen LogP contribution in [-0.2, 0) is 20.7 Å². The van der Waals surface area contributed by atoms with Gasteiger partial charge >= 0.3 is 5.97 Å². The third kappa shape index (κ3) is 2.76. The zero-order valence-electron chi connectivity index (χ0n) is 9.99. The van der Waals surface area contributed by atoms with Gasteiger partial charge in [-0.2, -0.15) is 0 Å². The number of anilines is 2. The van der Waals surface area contributed by atoms with Crippen LogP contribution in [0.3, 0.4) is 0 Å². The van der Waals surface area contributed by atoms with E-state index in [1.54, 1.807) is 0 Å². The summed E-state index contributed by atoms with van der Waals surface area (Å²) in [5.41, 5.74) is 8.37. The predicted molar refractivity (Wildman–Crippen MR) is 70.5 cm³/mol. The topological polar surface area (TPSA) is 81.4 Å². The monoisotopic (exact) mass is 266 g/mol. The number of benzene rings is 1. The molecule has 0 atom stereocenters. The zero-order chi connectivity index (χ0) is 13.1. The fourth-order valence-corrected chi connectivity index (χ4v) is 2.57. The summed E-state index contributed by atoms with van der Waals surface area (Å²) in [4.78, 5) is 23.2. The molecule has 3 N–H and O–H groups in total. The number of fused-ring (bicyclic) bond motifs is 1. The Morgan fingerprint density at radius 1 is 1.50 bits per heavy atom. The van der Waals surface area contributed by atoms with Crippen LogP contribution in [0.4, 0.5) is 11.4 Å². The quantitative estimate of drug-likeness (QED) is 0.491. The number of nitrogens with one attached hydrogen (secondary N) is 1. The Bertz CT molecular complexity index is 502. The van der Waals surface area contributed by atoms with Crippen LogP contribution in [0.25, 0.3) is 0 Å². The second kappa shape index (κ2) is 5.30. The summed E-state index contributed by atoms with van der Waals surface area (Å²) in [5, 5.41) is 2.81. The highest BCUT2D eigenvalue weighted by Crippen LogP contribution is 2.33. The van der Waals surface area contributed by atoms with Crippen molar-refractivity contribution in [3.05, 3.63) is 17.7 Å². The Morgan fingerprint density at radius 2 is 2.28 bits per heavy atom. The van der Waals surface area contributed by atoms with Gasteiger partial charge in [-0.15, -0.1) is 11.8 Å². The van der Waals surface area contributed by atoms with Gasteiger partial charge < -0.3 is 15.8 Å². The number of carbonyl (C=O) groups excluding carboxylic acids is 2. The minimum Gasteiger partial charge on any atom is -0.468 e. The Hall–Kier alpha value is -1.69. The average Bonchev–Trinajstić information content (AvgIpc) is 2.36. The van der Waals surface area contributed by atoms with Gasteiger partial charge in [-0.3, -0.25) is 9.59 Å². The SMILES string of the molecule is COC(=O)CSc1cc2c(cc1N)CCC(=O)N2. The number of amides is 1. The summed E-state index contributed by atoms with van der Waals surface area (Å²) in [6.07, 6.45) is 1.19. The van der Waals surface area contributed by atoms with Gasteiger partial charge in [0.25, 0.3) is 0 Å². The molecule has 0 aromatic heterocycles. The molecule has 2 rings (SSSR count). The van der Waals surface area contributed by atoms with E-state index in [-0.39, 0.29) is 17.6 Å². The van der Waals surface area contributed by atoms with Crippen LogP contribution in [0.2, 0.25) is 0 Å². The van der Waals surface area contributed by atoms with Crippen LogP contribution in [0.15, 0.2) is 17.0 Å². The number of nitrogen functional groups attached to an aromatic ring is 1. The molecule has 0 spiro atoms. The fourth-order valence-electron chi connectivity index (χ4n) is 1.75. The van der Waals surface area contributed by atoms with E-state index in [0.717, 1.165) is 16.1 Å². The third-order valence-corrected chi connectivity index (χ3v) is 3.75. The molecule has 1 amide bonds. The molecule has 0 saturated carbocycles. The van der Waals surface area contributed by atoms with Crippen molar-refractivity contribution in [1.82, 2.24) is 0 Å². The number of carbonyl (C=O) groups is 2. The molecule has 18 heavy (non-hydrogen) atoms. The van der Waals surface area contributed by atoms with E-state index < -0.39 is 0 Å². The first-order valence-corrected chi connectivity index (χ1v) is 6.50. The minimum absolute atomic E-state index is 0.0104. The van der Waals surface area contributed by atoms with Crippen LogP contribution in [-0.4, -0.2) is 24.7 Å². The smallest absolute Gasteiger partial charge is 0.315 e. The van der Waals surface area contributed by atoms with Crippen LogP contribution in [0, 0.1) is 0 Å². The predicted octanol–water partition coefficient (Wildman–Crippen LogP) is 1.42. The number of ether oxygens (including phenoxy) is 1. The van der Waals surface area contributed by atoms with Crippen molar-refractivity contribution in [2.45, 2.75) is 17.7 Å². The molecular weight excluding hydrogens is 252 g/mol. The fraction of sp³-hybridized carbons (Fsp3) is 0.333. The molecule has 5 nitrogen and oxygen atoms in total. The highest BCUT2D eigenvalue weighted by atomic mass is 32.2. The summed E-state index contributed by atoms with van der Waals surface area (Å²) in [6.45, 7) is 0. The molecule has 1 heterocycles. The van der Waals surface area contributed by atoms with Gasteiger partial charge in [0.05, 0.1) is 12.9 Å². The van der Waals surface area contributed by atoms with Gasteiger partial charge in [0.1, 0.15) is 0 Å². The average molecular weight is 266 g/mol. The van der Waals surface area contributed by atoms with Crippen LogP contribution in [0.5, 0.6) is 0 Å². The highest BCUT2D eigenvalue weighted by Gasteiger charge is 2.17. The first-order valence-electron chi connectivity index (χ1n) is 5.52. The lowest BCUT2D eigenvalue weighted by Gasteiger charge is -2.18. The Balaban J connectivity index is 2.18. The Labute approximate surface area is 109 Å². The van der Waals surface area contributed by atoms with E-state index in [1.165, 1.54) is 18.9 Å². The molecule has 0 bridgehead atoms. The molecule has 1 aromatic rings. The maximum Gasteiger partial charge on any atom is 0.315 e. The summed E-state index contributed by atoms with van der Waals surface area (Å²) < 4.78 is 4.57. The maximum atomic E-state index is 11.3. The van der Waals surface area contributed by atoms with E-state index in [9.17, 15) is 9.59 Å². The van der Waals surface area contributed by atoms with Crippen molar-refractivity contribution in [1.29, 1.82) is 0 Å². The number of methoxy groups -OCH3 is 1. The lowest BCUT2D eigenvalue weighted by molar-refractivity contribution is -0.137. The van der Waals surface area contributed by atoms with Gasteiger partial charge in [0, 0.05) is 22.7 Å². The first kappa shape index (κ1) is 12.8. The van der Waals surface area contributed by atoms with Gasteiger partial charge in [-0.1, -0.05) is 0 Å². The summed E-state index contributed by atoms with van der Waals surface area (Å²) in [7, 11) is 1.35. The molecule has 0 unspecified atom stereocenters. The number of esters is 1. The molecular formula is C12H14N2O3S. The highest BCUT2D eigenvalue weighted by molar-refractivity contribution is 8.00. The molecule has 0 fully saturated rings. The number of hydrogen-bond acceptors (Lipinski definition) is 5. The number of rotatable bonds is 3. The molecule has 6 heteroatoms. The Morgan fingerprint density at radius 3 is 3.00 bits per heavy atom. The third-order valence-electron chi connectivity index (χ3n) is 2.70. The zero-order valence-corrected chi connectivity index (χ0v) is 10.8. The van der Waals surface area contributed by atoms with E-state index in [1.807, 2.05) is 12.1 Å². The van der Waals surface area contributed by atoms with E-state index in [0.29, 0.717) is 18.5 Å². The van der Waals surface area contributed by atoms with Crippen molar-refractivity contribution in [2.75, 3.05) is 23.9 Å². The number of thioether (sulfide) groups is 1. The van der Waals surface area contributed by atoms with E-state index in [2.05, 4.69) is 10.1 Å². The van der Waals surface area contributed by atoms with Crippen LogP contribution >= 0.6 is 11.8 Å². The summed E-state index contributed by atoms with van der Waals surface area (Å²) in [6, 6.07) is 3.67. The largest absolute Gasteiger partial charge is 0.468 e. The van der Waals surface area contributed by atoms with Gasteiger partial charge in [0.2, 0.25) is 5.91 Å². The normalized spacial score (nSPS) is 13.7. The molecule has 0 saturated heterocycles. The van der Waals surface area contributed by atoms with Gasteiger partial charge in [-0.05, 0) is 24.1 Å². The van der Waals surface area contributed by atoms with Crippen LogP contribution in [0.1, 0.15) is 12.0 Å². The Kier molecular flexibility index (Phi) is 3.76. The van der Waals surface area contributed by atoms with Crippen molar-refractivity contribution in [3.8, 4) is 0 Å². The number of aryl methyl sites for hydroxylation is 1. The second-order valence-corrected chi connectivity index (χ2v) is 4.98. The molecule has 1 aromatic carbocycles. The molecule has 0 aliphatic carbocycles. The lowest BCUT2D eigenvalue weighted by atomic mass is 10.0. The van der Waals surface area contributed by atoms with Crippen molar-refractivity contribution >= 4 is 35.0 Å². The van der Waals surface area contributed by atoms with Crippen molar-refractivity contribution in [3.63, 3.8) is 0 Å². The van der Waals surface area contributed by atoms with Gasteiger partial charge in [0.15, 0.2) is 0 Å². The number of nitrogens with two attached hydrogens (primary N) is 1. The van der Waals surface area contributed by atoms with Crippen molar-refractivity contribution in [2.24, 2.45) is 0 Å². The first-order chi connectivity index (χ1) is 8.60. The second-order valence-electron chi connectivity index (χ2n) is 3.96. The summed E-state index contributed by atoms with van der Waals surface area (Å²) in [5.74, 6) is -0.0923. The van der Waals surface area contributed by atoms with Crippen LogP contribution < -0.4 is 11.1 Å². The molecule has 1 aliphatic heterocycles. The number of hydrogen-bond donors (Lipinski definition) is 2.